The van der Waals surface area contributed by atoms with Crippen molar-refractivity contribution in [2.75, 3.05) is 18.4 Å². The fourth-order valence-corrected chi connectivity index (χ4v) is 6.43. The lowest BCUT2D eigenvalue weighted by Crippen LogP contribution is -2.45. The van der Waals surface area contributed by atoms with Crippen molar-refractivity contribution in [2.24, 2.45) is 0 Å². The molecule has 2 aromatic carbocycles. The van der Waals surface area contributed by atoms with Crippen molar-refractivity contribution in [1.82, 2.24) is 9.62 Å². The van der Waals surface area contributed by atoms with Crippen LogP contribution in [0.1, 0.15) is 40.7 Å². The zero-order valence-corrected chi connectivity index (χ0v) is 20.1. The molecule has 2 aromatic rings. The van der Waals surface area contributed by atoms with Gasteiger partial charge in [0.15, 0.2) is 0 Å². The summed E-state index contributed by atoms with van der Waals surface area (Å²) >= 11 is 0. The van der Waals surface area contributed by atoms with Crippen LogP contribution in [-0.4, -0.2) is 43.7 Å². The third-order valence-corrected chi connectivity index (χ3v) is 8.22. The molecule has 0 spiro atoms. The molecule has 0 aliphatic carbocycles. The van der Waals surface area contributed by atoms with Gasteiger partial charge < -0.3 is 10.6 Å². The van der Waals surface area contributed by atoms with Gasteiger partial charge in [-0.25, -0.2) is 8.42 Å². The van der Waals surface area contributed by atoms with E-state index in [0.717, 1.165) is 16.7 Å². The standard InChI is InChI=1S/C24H31N3O4S/c1-15-11-18(4)22(19(5)12-15)32(30,31)27-10-6-7-21(27)14-25-23(28)24(29)26-20-9-8-16(2)17(3)13-20/h8-9,11-13,21H,6-7,10,14H2,1-5H3,(H,25,28)(H,26,29). The summed E-state index contributed by atoms with van der Waals surface area (Å²) in [6.07, 6.45) is 1.33. The Morgan fingerprint density at radius 1 is 0.938 bits per heavy atom. The van der Waals surface area contributed by atoms with E-state index in [-0.39, 0.29) is 6.54 Å². The van der Waals surface area contributed by atoms with E-state index in [2.05, 4.69) is 10.6 Å². The second kappa shape index (κ2) is 9.42. The molecule has 1 aliphatic rings. The predicted molar refractivity (Wildman–Crippen MR) is 125 cm³/mol. The average molecular weight is 458 g/mol. The van der Waals surface area contributed by atoms with Crippen molar-refractivity contribution in [2.45, 2.75) is 58.4 Å². The van der Waals surface area contributed by atoms with Crippen LogP contribution in [0.2, 0.25) is 0 Å². The largest absolute Gasteiger partial charge is 0.346 e. The molecule has 0 saturated carbocycles. The maximum absolute atomic E-state index is 13.4. The van der Waals surface area contributed by atoms with E-state index >= 15 is 0 Å². The number of rotatable bonds is 5. The minimum atomic E-state index is -3.71. The summed E-state index contributed by atoms with van der Waals surface area (Å²) in [7, 11) is -3.71. The molecule has 1 saturated heterocycles. The number of nitrogens with one attached hydrogen (secondary N) is 2. The molecule has 0 radical (unpaired) electrons. The number of nitrogens with zero attached hydrogens (tertiary/aromatic N) is 1. The van der Waals surface area contributed by atoms with E-state index < -0.39 is 27.9 Å². The van der Waals surface area contributed by atoms with Crippen LogP contribution in [0.4, 0.5) is 5.69 Å². The van der Waals surface area contributed by atoms with Crippen LogP contribution in [0, 0.1) is 34.6 Å². The number of hydrogen-bond donors (Lipinski definition) is 2. The Bertz CT molecular complexity index is 1130. The summed E-state index contributed by atoms with van der Waals surface area (Å²) in [5.74, 6) is -1.55. The summed E-state index contributed by atoms with van der Waals surface area (Å²) in [5.41, 5.74) is 5.09. The van der Waals surface area contributed by atoms with Gasteiger partial charge in [-0.3, -0.25) is 9.59 Å². The first-order valence-corrected chi connectivity index (χ1v) is 12.2. The molecular weight excluding hydrogens is 426 g/mol. The number of aryl methyl sites for hydroxylation is 5. The molecular formula is C24H31N3O4S. The lowest BCUT2D eigenvalue weighted by atomic mass is 10.1. The zero-order valence-electron chi connectivity index (χ0n) is 19.3. The molecule has 2 amide bonds. The highest BCUT2D eigenvalue weighted by Crippen LogP contribution is 2.30. The van der Waals surface area contributed by atoms with Gasteiger partial charge in [0.05, 0.1) is 4.90 Å². The number of hydrogen-bond acceptors (Lipinski definition) is 4. The summed E-state index contributed by atoms with van der Waals surface area (Å²) in [4.78, 5) is 24.9. The van der Waals surface area contributed by atoms with Crippen molar-refractivity contribution >= 4 is 27.5 Å². The highest BCUT2D eigenvalue weighted by molar-refractivity contribution is 7.89. The van der Waals surface area contributed by atoms with Crippen LogP contribution in [0.5, 0.6) is 0 Å². The van der Waals surface area contributed by atoms with E-state index in [1.807, 2.05) is 39.0 Å². The Morgan fingerprint density at radius 2 is 1.59 bits per heavy atom. The van der Waals surface area contributed by atoms with Gasteiger partial charge in [-0.15, -0.1) is 0 Å². The van der Waals surface area contributed by atoms with Gasteiger partial charge in [0.25, 0.3) is 0 Å². The number of amides is 2. The third-order valence-electron chi connectivity index (χ3n) is 5.96. The first-order valence-electron chi connectivity index (χ1n) is 10.8. The molecule has 1 atom stereocenters. The molecule has 0 aromatic heterocycles. The van der Waals surface area contributed by atoms with E-state index in [1.54, 1.807) is 26.0 Å². The Kier molecular flexibility index (Phi) is 7.05. The van der Waals surface area contributed by atoms with Crippen molar-refractivity contribution < 1.29 is 18.0 Å². The van der Waals surface area contributed by atoms with Crippen molar-refractivity contribution in [3.05, 3.63) is 58.1 Å². The molecule has 1 unspecified atom stereocenters. The van der Waals surface area contributed by atoms with Gasteiger partial charge in [0.1, 0.15) is 0 Å². The maximum atomic E-state index is 13.4. The Hall–Kier alpha value is -2.71. The van der Waals surface area contributed by atoms with Gasteiger partial charge in [-0.1, -0.05) is 23.8 Å². The molecule has 172 valence electrons. The van der Waals surface area contributed by atoms with Crippen molar-refractivity contribution in [3.63, 3.8) is 0 Å². The molecule has 1 fully saturated rings. The first-order chi connectivity index (χ1) is 15.0. The van der Waals surface area contributed by atoms with E-state index in [4.69, 9.17) is 0 Å². The van der Waals surface area contributed by atoms with E-state index in [0.29, 0.717) is 41.1 Å². The second-order valence-corrected chi connectivity index (χ2v) is 10.4. The number of carbonyl (C=O) groups is 2. The zero-order chi connectivity index (χ0) is 23.6. The lowest BCUT2D eigenvalue weighted by Gasteiger charge is -2.26. The molecule has 8 heteroatoms. The van der Waals surface area contributed by atoms with Gasteiger partial charge in [-0.2, -0.15) is 4.31 Å². The summed E-state index contributed by atoms with van der Waals surface area (Å²) in [6.45, 7) is 9.92. The fraction of sp³-hybridized carbons (Fsp3) is 0.417. The number of benzene rings is 2. The van der Waals surface area contributed by atoms with Crippen LogP contribution in [0.3, 0.4) is 0 Å². The lowest BCUT2D eigenvalue weighted by molar-refractivity contribution is -0.136. The number of anilines is 1. The van der Waals surface area contributed by atoms with Crippen LogP contribution in [-0.2, 0) is 19.6 Å². The van der Waals surface area contributed by atoms with Crippen LogP contribution < -0.4 is 10.6 Å². The topological polar surface area (TPSA) is 95.6 Å². The normalized spacial score (nSPS) is 16.7. The average Bonchev–Trinajstić information content (AvgIpc) is 3.17. The fourth-order valence-electron chi connectivity index (χ4n) is 4.32. The molecule has 1 heterocycles. The first kappa shape index (κ1) is 23.9. The Balaban J connectivity index is 1.68. The second-order valence-electron chi connectivity index (χ2n) is 8.60. The summed E-state index contributed by atoms with van der Waals surface area (Å²) < 4.78 is 28.3. The SMILES string of the molecule is Cc1cc(C)c(S(=O)(=O)N2CCCC2CNC(=O)C(=O)Nc2ccc(C)c(C)c2)c(C)c1. The maximum Gasteiger partial charge on any atom is 0.313 e. The minimum Gasteiger partial charge on any atom is -0.346 e. The van der Waals surface area contributed by atoms with Gasteiger partial charge in [-0.05, 0) is 81.8 Å². The smallest absolute Gasteiger partial charge is 0.313 e. The van der Waals surface area contributed by atoms with Crippen LogP contribution in [0.25, 0.3) is 0 Å². The van der Waals surface area contributed by atoms with Gasteiger partial charge >= 0.3 is 11.8 Å². The van der Waals surface area contributed by atoms with Crippen LogP contribution >= 0.6 is 0 Å². The monoisotopic (exact) mass is 457 g/mol. The van der Waals surface area contributed by atoms with E-state index in [9.17, 15) is 18.0 Å². The molecule has 1 aliphatic heterocycles. The predicted octanol–water partition coefficient (Wildman–Crippen LogP) is 3.14. The van der Waals surface area contributed by atoms with Crippen LogP contribution in [0.15, 0.2) is 35.2 Å². The van der Waals surface area contributed by atoms with Crippen molar-refractivity contribution in [3.8, 4) is 0 Å². The van der Waals surface area contributed by atoms with Gasteiger partial charge in [0.2, 0.25) is 10.0 Å². The number of carbonyl (C=O) groups excluding carboxylic acids is 2. The molecule has 7 nitrogen and oxygen atoms in total. The number of sulfonamides is 1. The quantitative estimate of drug-likeness (QED) is 0.675. The summed E-state index contributed by atoms with van der Waals surface area (Å²) in [5, 5.41) is 5.20. The minimum absolute atomic E-state index is 0.0857. The third kappa shape index (κ3) is 5.02. The van der Waals surface area contributed by atoms with Gasteiger partial charge in [0, 0.05) is 24.8 Å². The Morgan fingerprint density at radius 3 is 2.22 bits per heavy atom. The highest BCUT2D eigenvalue weighted by atomic mass is 32.2. The molecule has 0 bridgehead atoms. The van der Waals surface area contributed by atoms with Crippen molar-refractivity contribution in [1.29, 1.82) is 0 Å². The summed E-state index contributed by atoms with van der Waals surface area (Å²) in [6, 6.07) is 8.76. The molecule has 3 rings (SSSR count). The highest BCUT2D eigenvalue weighted by Gasteiger charge is 2.37. The molecule has 2 N–H and O–H groups in total. The van der Waals surface area contributed by atoms with E-state index in [1.165, 1.54) is 4.31 Å². The molecule has 32 heavy (non-hydrogen) atoms. The Labute approximate surface area is 190 Å².